The van der Waals surface area contributed by atoms with E-state index in [4.69, 9.17) is 14.4 Å². The number of amides is 1. The summed E-state index contributed by atoms with van der Waals surface area (Å²) in [5.41, 5.74) is 0. The van der Waals surface area contributed by atoms with Crippen LogP contribution in [0.15, 0.2) is 10.6 Å². The van der Waals surface area contributed by atoms with E-state index in [1.54, 1.807) is 13.0 Å². The average molecular weight is 284 g/mol. The largest absolute Gasteiger partial charge is 0.480 e. The van der Waals surface area contributed by atoms with Crippen LogP contribution >= 0.6 is 0 Å². The van der Waals surface area contributed by atoms with Gasteiger partial charge in [-0.05, 0) is 11.1 Å². The Balaban J connectivity index is 2.47. The first-order valence-electron chi connectivity index (χ1n) is 6.49. The zero-order valence-corrected chi connectivity index (χ0v) is 11.9. The van der Waals surface area contributed by atoms with E-state index >= 15 is 0 Å². The molecule has 7 heteroatoms. The van der Waals surface area contributed by atoms with Crippen LogP contribution in [0.2, 0.25) is 0 Å². The molecule has 2 N–H and O–H groups in total. The van der Waals surface area contributed by atoms with Crippen LogP contribution in [0.5, 0.6) is 5.88 Å². The van der Waals surface area contributed by atoms with E-state index in [9.17, 15) is 9.59 Å². The molecule has 1 heterocycles. The maximum Gasteiger partial charge on any atom is 0.326 e. The molecular formula is C13H20N2O5. The van der Waals surface area contributed by atoms with Crippen molar-refractivity contribution in [3.05, 3.63) is 11.8 Å². The molecule has 0 aliphatic rings. The summed E-state index contributed by atoms with van der Waals surface area (Å²) in [5.74, 6) is -0.597. The molecule has 1 aromatic heterocycles. The zero-order chi connectivity index (χ0) is 15.1. The number of ether oxygens (including phenoxy) is 1. The number of hydrogen-bond donors (Lipinski definition) is 2. The second kappa shape index (κ2) is 7.52. The third-order valence-electron chi connectivity index (χ3n) is 3.14. The molecule has 0 spiro atoms. The maximum atomic E-state index is 11.8. The van der Waals surface area contributed by atoms with Gasteiger partial charge in [0.1, 0.15) is 11.8 Å². The van der Waals surface area contributed by atoms with Gasteiger partial charge >= 0.3 is 5.97 Å². The monoisotopic (exact) mass is 284 g/mol. The molecular weight excluding hydrogens is 264 g/mol. The van der Waals surface area contributed by atoms with Crippen molar-refractivity contribution in [3.63, 3.8) is 0 Å². The summed E-state index contributed by atoms with van der Waals surface area (Å²) >= 11 is 0. The highest BCUT2D eigenvalue weighted by Crippen LogP contribution is 2.13. The quantitative estimate of drug-likeness (QED) is 0.744. The Bertz CT molecular complexity index is 457. The smallest absolute Gasteiger partial charge is 0.326 e. The first-order chi connectivity index (χ1) is 9.47. The summed E-state index contributed by atoms with van der Waals surface area (Å²) in [5, 5.41) is 15.2. The number of methoxy groups -OCH3 is 1. The van der Waals surface area contributed by atoms with Gasteiger partial charge in [-0.2, -0.15) is 0 Å². The number of aryl methyl sites for hydroxylation is 1. The number of aromatic nitrogens is 1. The minimum Gasteiger partial charge on any atom is -0.480 e. The molecule has 0 saturated carbocycles. The van der Waals surface area contributed by atoms with Gasteiger partial charge in [0.05, 0.1) is 7.11 Å². The molecule has 0 aromatic carbocycles. The topological polar surface area (TPSA) is 102 Å². The summed E-state index contributed by atoms with van der Waals surface area (Å²) in [7, 11) is 1.47. The molecule has 112 valence electrons. The Morgan fingerprint density at radius 1 is 1.55 bits per heavy atom. The second-order valence-electron chi connectivity index (χ2n) is 4.60. The molecule has 2 atom stereocenters. The highest BCUT2D eigenvalue weighted by molar-refractivity contribution is 5.83. The lowest BCUT2D eigenvalue weighted by Crippen LogP contribution is -2.45. The van der Waals surface area contributed by atoms with Crippen LogP contribution in [0.3, 0.4) is 0 Å². The van der Waals surface area contributed by atoms with Gasteiger partial charge < -0.3 is 19.7 Å². The van der Waals surface area contributed by atoms with Crippen molar-refractivity contribution in [1.29, 1.82) is 0 Å². The lowest BCUT2D eigenvalue weighted by atomic mass is 9.99. The predicted molar refractivity (Wildman–Crippen MR) is 70.4 cm³/mol. The molecule has 0 bridgehead atoms. The fourth-order valence-corrected chi connectivity index (χ4v) is 1.67. The van der Waals surface area contributed by atoms with Crippen molar-refractivity contribution >= 4 is 11.9 Å². The van der Waals surface area contributed by atoms with Crippen LogP contribution in [-0.4, -0.2) is 35.3 Å². The minimum absolute atomic E-state index is 0.123. The molecule has 0 aliphatic carbocycles. The predicted octanol–water partition coefficient (Wildman–Crippen LogP) is 1.23. The van der Waals surface area contributed by atoms with Crippen molar-refractivity contribution in [2.45, 2.75) is 39.2 Å². The van der Waals surface area contributed by atoms with Gasteiger partial charge in [-0.25, -0.2) is 4.79 Å². The molecule has 0 fully saturated rings. The number of carbonyl (C=O) groups is 2. The minimum atomic E-state index is -1.02. The Morgan fingerprint density at radius 3 is 2.75 bits per heavy atom. The molecule has 0 aliphatic heterocycles. The van der Waals surface area contributed by atoms with Crippen LogP contribution in [0.4, 0.5) is 0 Å². The highest BCUT2D eigenvalue weighted by atomic mass is 16.5. The average Bonchev–Trinajstić information content (AvgIpc) is 2.89. The molecule has 0 saturated heterocycles. The fourth-order valence-electron chi connectivity index (χ4n) is 1.67. The lowest BCUT2D eigenvalue weighted by Gasteiger charge is -2.19. The Kier molecular flexibility index (Phi) is 6.02. The molecule has 1 aromatic rings. The normalized spacial score (nSPS) is 13.6. The molecule has 0 radical (unpaired) electrons. The maximum absolute atomic E-state index is 11.8. The summed E-state index contributed by atoms with van der Waals surface area (Å²) in [6, 6.07) is 0.730. The Morgan fingerprint density at radius 2 is 2.25 bits per heavy atom. The van der Waals surface area contributed by atoms with Gasteiger partial charge in [0.2, 0.25) is 5.91 Å². The third kappa shape index (κ3) is 4.56. The van der Waals surface area contributed by atoms with Gasteiger partial charge in [0, 0.05) is 18.9 Å². The van der Waals surface area contributed by atoms with Crippen molar-refractivity contribution in [2.75, 3.05) is 7.11 Å². The Hall–Kier alpha value is -2.05. The highest BCUT2D eigenvalue weighted by Gasteiger charge is 2.25. The van der Waals surface area contributed by atoms with Crippen LogP contribution in [0.25, 0.3) is 0 Å². The van der Waals surface area contributed by atoms with E-state index in [1.807, 2.05) is 6.92 Å². The Labute approximate surface area is 117 Å². The van der Waals surface area contributed by atoms with E-state index in [0.717, 1.165) is 0 Å². The van der Waals surface area contributed by atoms with Crippen molar-refractivity contribution in [1.82, 2.24) is 10.5 Å². The number of hydrogen-bond acceptors (Lipinski definition) is 5. The van der Waals surface area contributed by atoms with Gasteiger partial charge in [0.15, 0.2) is 0 Å². The van der Waals surface area contributed by atoms with Crippen molar-refractivity contribution in [2.24, 2.45) is 5.92 Å². The summed E-state index contributed by atoms with van der Waals surface area (Å²) in [6.45, 7) is 3.67. The standard InChI is InChI=1S/C13H20N2O5/c1-4-8(2)12(13(17)18)14-10(16)6-5-9-7-11(19-3)15-20-9/h7-8,12H,4-6H2,1-3H3,(H,14,16)(H,17,18)/t8-,12-/m1/s1. The molecule has 1 rings (SSSR count). The molecule has 20 heavy (non-hydrogen) atoms. The molecule has 7 nitrogen and oxygen atoms in total. The van der Waals surface area contributed by atoms with Gasteiger partial charge in [-0.3, -0.25) is 4.79 Å². The number of carboxylic acids is 1. The molecule has 1 amide bonds. The van der Waals surface area contributed by atoms with Crippen LogP contribution < -0.4 is 10.1 Å². The van der Waals surface area contributed by atoms with E-state index < -0.39 is 12.0 Å². The second-order valence-corrected chi connectivity index (χ2v) is 4.60. The number of carboxylic acid groups (broad SMARTS) is 1. The van der Waals surface area contributed by atoms with Gasteiger partial charge in [-0.15, -0.1) is 0 Å². The van der Waals surface area contributed by atoms with Crippen LogP contribution in [0.1, 0.15) is 32.4 Å². The van der Waals surface area contributed by atoms with E-state index in [-0.39, 0.29) is 18.2 Å². The number of nitrogens with zero attached hydrogens (tertiary/aromatic N) is 1. The van der Waals surface area contributed by atoms with Crippen molar-refractivity contribution in [3.8, 4) is 5.88 Å². The summed E-state index contributed by atoms with van der Waals surface area (Å²) < 4.78 is 9.82. The number of rotatable bonds is 8. The third-order valence-corrected chi connectivity index (χ3v) is 3.14. The zero-order valence-electron chi connectivity index (χ0n) is 11.9. The summed E-state index contributed by atoms with van der Waals surface area (Å²) in [4.78, 5) is 22.9. The van der Waals surface area contributed by atoms with Crippen LogP contribution in [0, 0.1) is 5.92 Å². The number of carbonyl (C=O) groups excluding carboxylic acids is 1. The lowest BCUT2D eigenvalue weighted by molar-refractivity contribution is -0.143. The number of nitrogens with one attached hydrogen (secondary N) is 1. The van der Waals surface area contributed by atoms with E-state index in [2.05, 4.69) is 10.5 Å². The summed E-state index contributed by atoms with van der Waals surface area (Å²) in [6.07, 6.45) is 1.16. The fraction of sp³-hybridized carbons (Fsp3) is 0.615. The number of aliphatic carboxylic acids is 1. The van der Waals surface area contributed by atoms with Gasteiger partial charge in [0.25, 0.3) is 5.88 Å². The SMILES string of the molecule is CC[C@@H](C)[C@@H](NC(=O)CCc1cc(OC)no1)C(=O)O. The van der Waals surface area contributed by atoms with Gasteiger partial charge in [-0.1, -0.05) is 20.3 Å². The first-order valence-corrected chi connectivity index (χ1v) is 6.49. The van der Waals surface area contributed by atoms with E-state index in [1.165, 1.54) is 7.11 Å². The molecule has 0 unspecified atom stereocenters. The van der Waals surface area contributed by atoms with Crippen molar-refractivity contribution < 1.29 is 24.0 Å². The van der Waals surface area contributed by atoms with E-state index in [0.29, 0.717) is 24.5 Å². The first kappa shape index (κ1) is 16.0. The van der Waals surface area contributed by atoms with Crippen LogP contribution in [-0.2, 0) is 16.0 Å².